The molecule has 0 bridgehead atoms. The Hall–Kier alpha value is -2.02. The van der Waals surface area contributed by atoms with Crippen LogP contribution in [-0.4, -0.2) is 52.6 Å². The number of imidazole rings is 1. The molecule has 0 atom stereocenters. The fourth-order valence-corrected chi connectivity index (χ4v) is 5.04. The van der Waals surface area contributed by atoms with Crippen molar-refractivity contribution in [2.45, 2.75) is 83.3 Å². The topological polar surface area (TPSA) is 47.4 Å². The molecule has 2 aromatic rings. The van der Waals surface area contributed by atoms with Gasteiger partial charge in [-0.1, -0.05) is 20.8 Å². The molecule has 2 fully saturated rings. The highest BCUT2D eigenvalue weighted by Crippen LogP contribution is 2.38. The molecule has 1 aromatic heterocycles. The Morgan fingerprint density at radius 2 is 1.81 bits per heavy atom. The van der Waals surface area contributed by atoms with E-state index in [1.165, 1.54) is 0 Å². The molecular formula is C25H35F2N3O2. The zero-order chi connectivity index (χ0) is 23.1. The number of piperidine rings is 1. The quantitative estimate of drug-likeness (QED) is 0.630. The number of carbonyl (C=O) groups excluding carboxylic acids is 1. The van der Waals surface area contributed by atoms with Gasteiger partial charge in [0.05, 0.1) is 17.1 Å². The highest BCUT2D eigenvalue weighted by Gasteiger charge is 2.36. The zero-order valence-corrected chi connectivity index (χ0v) is 19.7. The Labute approximate surface area is 189 Å². The van der Waals surface area contributed by atoms with Crippen molar-refractivity contribution in [3.63, 3.8) is 0 Å². The van der Waals surface area contributed by atoms with E-state index in [1.807, 2.05) is 23.1 Å². The largest absolute Gasteiger partial charge is 0.381 e. The third-order valence-corrected chi connectivity index (χ3v) is 7.01. The van der Waals surface area contributed by atoms with E-state index >= 15 is 0 Å². The number of fused-ring (bicyclic) bond motifs is 1. The van der Waals surface area contributed by atoms with Crippen LogP contribution in [0.3, 0.4) is 0 Å². The molecule has 0 spiro atoms. The number of amides is 1. The van der Waals surface area contributed by atoms with Crippen molar-refractivity contribution in [2.75, 3.05) is 20.2 Å². The minimum atomic E-state index is -2.52. The lowest BCUT2D eigenvalue weighted by molar-refractivity contribution is -0.0473. The van der Waals surface area contributed by atoms with E-state index in [4.69, 9.17) is 9.72 Å². The minimum absolute atomic E-state index is 0.0304. The number of methoxy groups -OCH3 is 1. The van der Waals surface area contributed by atoms with Crippen molar-refractivity contribution in [1.82, 2.24) is 14.5 Å². The van der Waals surface area contributed by atoms with Crippen LogP contribution < -0.4 is 0 Å². The molecule has 1 saturated heterocycles. The molecule has 0 N–H and O–H groups in total. The van der Waals surface area contributed by atoms with E-state index in [2.05, 4.69) is 25.3 Å². The number of ether oxygens (including phenoxy) is 1. The Balaban J connectivity index is 1.59. The van der Waals surface area contributed by atoms with Crippen LogP contribution in [0.4, 0.5) is 8.78 Å². The molecular weight excluding hydrogens is 412 g/mol. The van der Waals surface area contributed by atoms with Crippen LogP contribution in [0.5, 0.6) is 0 Å². The Kier molecular flexibility index (Phi) is 6.31. The van der Waals surface area contributed by atoms with E-state index in [9.17, 15) is 13.6 Å². The van der Waals surface area contributed by atoms with Gasteiger partial charge in [0, 0.05) is 50.6 Å². The smallest absolute Gasteiger partial charge is 0.253 e. The van der Waals surface area contributed by atoms with Crippen molar-refractivity contribution < 1.29 is 18.3 Å². The first-order valence-corrected chi connectivity index (χ1v) is 11.8. The highest BCUT2D eigenvalue weighted by molar-refractivity contribution is 5.97. The fraction of sp³-hybridized carbons (Fsp3) is 0.680. The van der Waals surface area contributed by atoms with Gasteiger partial charge in [0.25, 0.3) is 5.91 Å². The van der Waals surface area contributed by atoms with Gasteiger partial charge in [-0.3, -0.25) is 4.79 Å². The van der Waals surface area contributed by atoms with Crippen LogP contribution in [0.15, 0.2) is 18.2 Å². The normalized spacial score (nSPS) is 20.8. The SMILES string of the molecule is COC1CCN(C(=O)c2ccc3c(c2)nc(C(C)(C)C)n3CC2CCC(F)(F)CC2)CC1. The summed E-state index contributed by atoms with van der Waals surface area (Å²) < 4.78 is 34.9. The summed E-state index contributed by atoms with van der Waals surface area (Å²) in [6.07, 6.45) is 2.93. The summed E-state index contributed by atoms with van der Waals surface area (Å²) in [5, 5.41) is 0. The van der Waals surface area contributed by atoms with E-state index in [0.29, 0.717) is 38.0 Å². The highest BCUT2D eigenvalue weighted by atomic mass is 19.3. The molecule has 1 saturated carbocycles. The molecule has 1 aliphatic carbocycles. The van der Waals surface area contributed by atoms with E-state index in [1.54, 1.807) is 7.11 Å². The van der Waals surface area contributed by atoms with Gasteiger partial charge < -0.3 is 14.2 Å². The number of halogens is 2. The first-order chi connectivity index (χ1) is 15.1. The number of carbonyl (C=O) groups is 1. The molecule has 4 rings (SSSR count). The molecule has 5 nitrogen and oxygen atoms in total. The van der Waals surface area contributed by atoms with E-state index in [0.717, 1.165) is 29.7 Å². The van der Waals surface area contributed by atoms with Crippen molar-refractivity contribution in [2.24, 2.45) is 5.92 Å². The number of aromatic nitrogens is 2. The number of alkyl halides is 2. The lowest BCUT2D eigenvalue weighted by atomic mass is 9.86. The van der Waals surface area contributed by atoms with Crippen LogP contribution in [0.25, 0.3) is 11.0 Å². The summed E-state index contributed by atoms with van der Waals surface area (Å²) in [6.45, 7) is 8.44. The number of rotatable bonds is 4. The van der Waals surface area contributed by atoms with Crippen LogP contribution >= 0.6 is 0 Å². The number of nitrogens with zero attached hydrogens (tertiary/aromatic N) is 3. The van der Waals surface area contributed by atoms with Gasteiger partial charge in [0.15, 0.2) is 0 Å². The van der Waals surface area contributed by atoms with Gasteiger partial charge in [-0.2, -0.15) is 0 Å². The zero-order valence-electron chi connectivity index (χ0n) is 19.7. The molecule has 0 unspecified atom stereocenters. The maximum atomic E-state index is 13.6. The predicted octanol–water partition coefficient (Wildman–Crippen LogP) is 5.41. The van der Waals surface area contributed by atoms with Crippen LogP contribution in [-0.2, 0) is 16.7 Å². The molecule has 2 aliphatic rings. The summed E-state index contributed by atoms with van der Waals surface area (Å²) in [5.41, 5.74) is 2.23. The summed E-state index contributed by atoms with van der Waals surface area (Å²) in [6, 6.07) is 5.75. The van der Waals surface area contributed by atoms with Gasteiger partial charge in [0.1, 0.15) is 5.82 Å². The van der Waals surface area contributed by atoms with Gasteiger partial charge >= 0.3 is 0 Å². The Bertz CT molecular complexity index is 961. The minimum Gasteiger partial charge on any atom is -0.381 e. The third kappa shape index (κ3) is 4.82. The average Bonchev–Trinajstić information content (AvgIpc) is 3.13. The van der Waals surface area contributed by atoms with Crippen LogP contribution in [0.1, 0.15) is 75.5 Å². The first-order valence-electron chi connectivity index (χ1n) is 11.8. The molecule has 7 heteroatoms. The van der Waals surface area contributed by atoms with E-state index in [-0.39, 0.29) is 36.2 Å². The van der Waals surface area contributed by atoms with Crippen LogP contribution in [0.2, 0.25) is 0 Å². The second-order valence-electron chi connectivity index (χ2n) is 10.5. The molecule has 32 heavy (non-hydrogen) atoms. The van der Waals surface area contributed by atoms with Gasteiger partial charge in [0.2, 0.25) is 5.92 Å². The van der Waals surface area contributed by atoms with Crippen LogP contribution in [0, 0.1) is 5.92 Å². The maximum Gasteiger partial charge on any atom is 0.253 e. The molecule has 1 aliphatic heterocycles. The fourth-order valence-electron chi connectivity index (χ4n) is 5.04. The lowest BCUT2D eigenvalue weighted by Crippen LogP contribution is -2.40. The lowest BCUT2D eigenvalue weighted by Gasteiger charge is -2.31. The molecule has 1 aromatic carbocycles. The van der Waals surface area contributed by atoms with Crippen molar-refractivity contribution in [1.29, 1.82) is 0 Å². The molecule has 2 heterocycles. The third-order valence-electron chi connectivity index (χ3n) is 7.01. The number of likely N-dealkylation sites (tertiary alicyclic amines) is 1. The second kappa shape index (κ2) is 8.73. The van der Waals surface area contributed by atoms with Crippen molar-refractivity contribution >= 4 is 16.9 Å². The van der Waals surface area contributed by atoms with Gasteiger partial charge in [-0.25, -0.2) is 13.8 Å². The number of hydrogen-bond donors (Lipinski definition) is 0. The van der Waals surface area contributed by atoms with Gasteiger partial charge in [-0.05, 0) is 49.8 Å². The Morgan fingerprint density at radius 3 is 2.41 bits per heavy atom. The van der Waals surface area contributed by atoms with E-state index < -0.39 is 5.92 Å². The summed E-state index contributed by atoms with van der Waals surface area (Å²) in [5.74, 6) is -1.33. The summed E-state index contributed by atoms with van der Waals surface area (Å²) in [4.78, 5) is 19.9. The summed E-state index contributed by atoms with van der Waals surface area (Å²) >= 11 is 0. The molecule has 1 amide bonds. The molecule has 0 radical (unpaired) electrons. The number of benzene rings is 1. The van der Waals surface area contributed by atoms with Crippen molar-refractivity contribution in [3.8, 4) is 0 Å². The second-order valence-corrected chi connectivity index (χ2v) is 10.5. The van der Waals surface area contributed by atoms with Crippen molar-refractivity contribution in [3.05, 3.63) is 29.6 Å². The maximum absolute atomic E-state index is 13.6. The first kappa shape index (κ1) is 23.1. The Morgan fingerprint density at radius 1 is 1.16 bits per heavy atom. The predicted molar refractivity (Wildman–Crippen MR) is 121 cm³/mol. The summed E-state index contributed by atoms with van der Waals surface area (Å²) in [7, 11) is 1.72. The molecule has 176 valence electrons. The van der Waals surface area contributed by atoms with Gasteiger partial charge in [-0.15, -0.1) is 0 Å². The average molecular weight is 448 g/mol. The standard InChI is InChI=1S/C25H35F2N3O2/c1-24(2,3)23-28-20-15-18(22(31)29-13-9-19(32-4)10-14-29)5-6-21(20)30(23)16-17-7-11-25(26,27)12-8-17/h5-6,15,17,19H,7-14,16H2,1-4H3. The number of hydrogen-bond acceptors (Lipinski definition) is 3. The monoisotopic (exact) mass is 447 g/mol.